The predicted octanol–water partition coefficient (Wildman–Crippen LogP) is 1.81. The van der Waals surface area contributed by atoms with E-state index in [0.29, 0.717) is 6.04 Å². The molecular formula is C11H24N2S. The van der Waals surface area contributed by atoms with E-state index >= 15 is 0 Å². The minimum Gasteiger partial charge on any atom is -0.314 e. The molecule has 0 aliphatic carbocycles. The van der Waals surface area contributed by atoms with Crippen LogP contribution in [0, 0.1) is 0 Å². The summed E-state index contributed by atoms with van der Waals surface area (Å²) in [7, 11) is 0. The molecule has 0 aromatic carbocycles. The van der Waals surface area contributed by atoms with Crippen LogP contribution in [0.3, 0.4) is 0 Å². The molecule has 84 valence electrons. The number of nitrogens with zero attached hydrogens (tertiary/aromatic N) is 1. The molecule has 1 rings (SSSR count). The molecular weight excluding hydrogens is 192 g/mol. The Morgan fingerprint density at radius 1 is 1.43 bits per heavy atom. The fourth-order valence-corrected chi connectivity index (χ4v) is 3.13. The van der Waals surface area contributed by atoms with Crippen molar-refractivity contribution in [2.24, 2.45) is 0 Å². The van der Waals surface area contributed by atoms with Crippen molar-refractivity contribution in [2.75, 3.05) is 25.9 Å². The lowest BCUT2D eigenvalue weighted by atomic mass is 10.1. The molecule has 3 heteroatoms. The van der Waals surface area contributed by atoms with Crippen LogP contribution in [0.25, 0.3) is 0 Å². The summed E-state index contributed by atoms with van der Waals surface area (Å²) in [5.41, 5.74) is 0. The summed E-state index contributed by atoms with van der Waals surface area (Å²) in [6.07, 6.45) is 3.49. The van der Waals surface area contributed by atoms with Gasteiger partial charge < -0.3 is 5.32 Å². The third kappa shape index (κ3) is 2.88. The summed E-state index contributed by atoms with van der Waals surface area (Å²) in [4.78, 5) is 2.65. The van der Waals surface area contributed by atoms with Crippen molar-refractivity contribution < 1.29 is 0 Å². The van der Waals surface area contributed by atoms with Crippen molar-refractivity contribution >= 4 is 11.8 Å². The van der Waals surface area contributed by atoms with Crippen LogP contribution in [0.2, 0.25) is 0 Å². The SMILES string of the molecule is CCCN(C(C)C)C1CNCC1SC. The van der Waals surface area contributed by atoms with Gasteiger partial charge in [0.15, 0.2) is 0 Å². The Morgan fingerprint density at radius 3 is 2.64 bits per heavy atom. The fraction of sp³-hybridized carbons (Fsp3) is 1.00. The summed E-state index contributed by atoms with van der Waals surface area (Å²) in [6.45, 7) is 10.5. The number of thioether (sulfide) groups is 1. The standard InChI is InChI=1S/C11H24N2S/c1-5-6-13(9(2)3)10-7-12-8-11(10)14-4/h9-12H,5-8H2,1-4H3. The van der Waals surface area contributed by atoms with E-state index in [4.69, 9.17) is 0 Å². The molecule has 0 saturated carbocycles. The molecule has 1 heterocycles. The second-order valence-corrected chi connectivity index (χ2v) is 5.41. The molecule has 0 aromatic rings. The second-order valence-electron chi connectivity index (χ2n) is 4.33. The quantitative estimate of drug-likeness (QED) is 0.754. The normalized spacial score (nSPS) is 27.9. The number of nitrogens with one attached hydrogen (secondary N) is 1. The van der Waals surface area contributed by atoms with Crippen LogP contribution < -0.4 is 5.32 Å². The average molecular weight is 216 g/mol. The maximum absolute atomic E-state index is 3.50. The lowest BCUT2D eigenvalue weighted by molar-refractivity contribution is 0.167. The van der Waals surface area contributed by atoms with Gasteiger partial charge in [-0.15, -0.1) is 0 Å². The van der Waals surface area contributed by atoms with Gasteiger partial charge in [-0.2, -0.15) is 11.8 Å². The van der Waals surface area contributed by atoms with E-state index in [0.717, 1.165) is 11.3 Å². The molecule has 0 amide bonds. The number of hydrogen-bond donors (Lipinski definition) is 1. The smallest absolute Gasteiger partial charge is 0.0354 e. The first-order valence-electron chi connectivity index (χ1n) is 5.70. The Balaban J connectivity index is 2.57. The van der Waals surface area contributed by atoms with Gasteiger partial charge in [0.25, 0.3) is 0 Å². The summed E-state index contributed by atoms with van der Waals surface area (Å²) >= 11 is 2.01. The summed E-state index contributed by atoms with van der Waals surface area (Å²) in [6, 6.07) is 1.42. The Hall–Kier alpha value is 0.270. The van der Waals surface area contributed by atoms with Crippen molar-refractivity contribution in [1.29, 1.82) is 0 Å². The Bertz CT molecular complexity index is 161. The lowest BCUT2D eigenvalue weighted by Gasteiger charge is -2.34. The van der Waals surface area contributed by atoms with Gasteiger partial charge in [0.05, 0.1) is 0 Å². The van der Waals surface area contributed by atoms with Crippen molar-refractivity contribution in [3.8, 4) is 0 Å². The second kappa shape index (κ2) is 5.99. The zero-order valence-electron chi connectivity index (χ0n) is 9.92. The molecule has 0 spiro atoms. The molecule has 1 saturated heterocycles. The molecule has 1 aliphatic rings. The van der Waals surface area contributed by atoms with Crippen LogP contribution in [0.4, 0.5) is 0 Å². The monoisotopic (exact) mass is 216 g/mol. The summed E-state index contributed by atoms with van der Waals surface area (Å²) < 4.78 is 0. The van der Waals surface area contributed by atoms with Crippen molar-refractivity contribution in [3.63, 3.8) is 0 Å². The van der Waals surface area contributed by atoms with Crippen molar-refractivity contribution in [2.45, 2.75) is 44.5 Å². The third-order valence-electron chi connectivity index (χ3n) is 3.00. The topological polar surface area (TPSA) is 15.3 Å². The van der Waals surface area contributed by atoms with Crippen LogP contribution in [0.1, 0.15) is 27.2 Å². The van der Waals surface area contributed by atoms with Gasteiger partial charge in [-0.05, 0) is 33.1 Å². The van der Waals surface area contributed by atoms with E-state index in [2.05, 4.69) is 37.2 Å². The van der Waals surface area contributed by atoms with Gasteiger partial charge in [-0.25, -0.2) is 0 Å². The minimum absolute atomic E-state index is 0.675. The zero-order valence-corrected chi connectivity index (χ0v) is 10.7. The Labute approximate surface area is 92.8 Å². The number of rotatable bonds is 5. The zero-order chi connectivity index (χ0) is 10.6. The van der Waals surface area contributed by atoms with Gasteiger partial charge >= 0.3 is 0 Å². The van der Waals surface area contributed by atoms with Crippen molar-refractivity contribution in [3.05, 3.63) is 0 Å². The maximum atomic E-state index is 3.50. The molecule has 0 aromatic heterocycles. The van der Waals surface area contributed by atoms with Crippen LogP contribution in [-0.2, 0) is 0 Å². The van der Waals surface area contributed by atoms with Gasteiger partial charge in [-0.1, -0.05) is 6.92 Å². The highest BCUT2D eigenvalue weighted by Gasteiger charge is 2.31. The minimum atomic E-state index is 0.675. The molecule has 2 unspecified atom stereocenters. The largest absolute Gasteiger partial charge is 0.314 e. The Kier molecular flexibility index (Phi) is 5.28. The number of hydrogen-bond acceptors (Lipinski definition) is 3. The molecule has 1 aliphatic heterocycles. The van der Waals surface area contributed by atoms with E-state index in [-0.39, 0.29) is 0 Å². The van der Waals surface area contributed by atoms with E-state index < -0.39 is 0 Å². The van der Waals surface area contributed by atoms with E-state index in [1.165, 1.54) is 26.1 Å². The van der Waals surface area contributed by atoms with Crippen LogP contribution in [0.5, 0.6) is 0 Å². The first-order chi connectivity index (χ1) is 6.70. The van der Waals surface area contributed by atoms with Gasteiger partial charge in [0.2, 0.25) is 0 Å². The fourth-order valence-electron chi connectivity index (χ4n) is 2.28. The first-order valence-corrected chi connectivity index (χ1v) is 6.98. The molecule has 1 fully saturated rings. The van der Waals surface area contributed by atoms with E-state index in [1.54, 1.807) is 0 Å². The van der Waals surface area contributed by atoms with Gasteiger partial charge in [0, 0.05) is 30.4 Å². The van der Waals surface area contributed by atoms with E-state index in [1.807, 2.05) is 11.8 Å². The van der Waals surface area contributed by atoms with Crippen LogP contribution >= 0.6 is 11.8 Å². The highest BCUT2D eigenvalue weighted by atomic mass is 32.2. The molecule has 14 heavy (non-hydrogen) atoms. The van der Waals surface area contributed by atoms with Crippen LogP contribution in [-0.4, -0.2) is 48.1 Å². The Morgan fingerprint density at radius 2 is 2.14 bits per heavy atom. The third-order valence-corrected chi connectivity index (χ3v) is 4.09. The predicted molar refractivity (Wildman–Crippen MR) is 66.1 cm³/mol. The van der Waals surface area contributed by atoms with Crippen molar-refractivity contribution in [1.82, 2.24) is 10.2 Å². The van der Waals surface area contributed by atoms with Gasteiger partial charge in [-0.3, -0.25) is 4.90 Å². The van der Waals surface area contributed by atoms with E-state index in [9.17, 15) is 0 Å². The van der Waals surface area contributed by atoms with Gasteiger partial charge in [0.1, 0.15) is 0 Å². The highest BCUT2D eigenvalue weighted by Crippen LogP contribution is 2.21. The molecule has 0 bridgehead atoms. The summed E-state index contributed by atoms with van der Waals surface area (Å²) in [5.74, 6) is 0. The average Bonchev–Trinajstić information content (AvgIpc) is 2.61. The highest BCUT2D eigenvalue weighted by molar-refractivity contribution is 7.99. The molecule has 0 radical (unpaired) electrons. The molecule has 2 atom stereocenters. The maximum Gasteiger partial charge on any atom is 0.0354 e. The lowest BCUT2D eigenvalue weighted by Crippen LogP contribution is -2.46. The molecule has 2 nitrogen and oxygen atoms in total. The molecule has 1 N–H and O–H groups in total. The summed E-state index contributed by atoms with van der Waals surface area (Å²) in [5, 5.41) is 4.29. The first kappa shape index (κ1) is 12.3. The van der Waals surface area contributed by atoms with Crippen LogP contribution in [0.15, 0.2) is 0 Å².